The van der Waals surface area contributed by atoms with E-state index in [-0.39, 0.29) is 5.91 Å². The van der Waals surface area contributed by atoms with Gasteiger partial charge in [-0.1, -0.05) is 30.3 Å². The first-order chi connectivity index (χ1) is 12.8. The Kier molecular flexibility index (Phi) is 5.12. The lowest BCUT2D eigenvalue weighted by Crippen LogP contribution is -2.32. The molecule has 1 aromatic carbocycles. The molecular weight excluding hydrogens is 340 g/mol. The van der Waals surface area contributed by atoms with Crippen LogP contribution < -0.4 is 0 Å². The Hall–Kier alpha value is -2.46. The van der Waals surface area contributed by atoms with Crippen LogP contribution in [-0.4, -0.2) is 28.9 Å². The van der Waals surface area contributed by atoms with E-state index >= 15 is 0 Å². The van der Waals surface area contributed by atoms with E-state index in [1.807, 2.05) is 28.5 Å². The van der Waals surface area contributed by atoms with Crippen molar-refractivity contribution in [2.75, 3.05) is 13.1 Å². The smallest absolute Gasteiger partial charge is 0.255 e. The molecule has 0 N–H and O–H groups in total. The molecule has 0 spiro atoms. The molecule has 3 nitrogen and oxygen atoms in total. The van der Waals surface area contributed by atoms with Crippen LogP contribution in [0.1, 0.15) is 41.1 Å². The highest BCUT2D eigenvalue weighted by Crippen LogP contribution is 2.28. The van der Waals surface area contributed by atoms with E-state index in [1.54, 1.807) is 17.5 Å². The lowest BCUT2D eigenvalue weighted by molar-refractivity contribution is 0.0760. The monoisotopic (exact) mass is 362 g/mol. The summed E-state index contributed by atoms with van der Waals surface area (Å²) >= 11 is 1.65. The standard InChI is InChI=1S/C22H22N2OS/c25-22(19-8-9-21(23-15-19)20-11-14-26-16-20)24-12-4-7-18(10-13-24)17-5-2-1-3-6-17/h1-3,5-6,8-9,11,14-16,18H,4,7,10,12-13H2/t18-/m1/s1. The second-order valence-corrected chi connectivity index (χ2v) is 7.55. The third kappa shape index (κ3) is 3.70. The number of thiophene rings is 1. The number of nitrogens with zero attached hydrogens (tertiary/aromatic N) is 2. The maximum Gasteiger partial charge on any atom is 0.255 e. The third-order valence-electron chi connectivity index (χ3n) is 5.11. The van der Waals surface area contributed by atoms with Gasteiger partial charge in [0, 0.05) is 30.2 Å². The molecule has 0 bridgehead atoms. The molecule has 132 valence electrons. The minimum Gasteiger partial charge on any atom is -0.339 e. The Labute approximate surface area is 158 Å². The molecule has 0 aliphatic carbocycles. The summed E-state index contributed by atoms with van der Waals surface area (Å²) in [4.78, 5) is 19.4. The molecule has 1 aliphatic rings. The van der Waals surface area contributed by atoms with Gasteiger partial charge in [0.2, 0.25) is 0 Å². The molecule has 1 atom stereocenters. The van der Waals surface area contributed by atoms with E-state index in [2.05, 4.69) is 40.7 Å². The molecular formula is C22H22N2OS. The van der Waals surface area contributed by atoms with E-state index in [0.717, 1.165) is 43.6 Å². The Morgan fingerprint density at radius 2 is 1.92 bits per heavy atom. The van der Waals surface area contributed by atoms with Crippen LogP contribution >= 0.6 is 11.3 Å². The number of aromatic nitrogens is 1. The molecule has 0 radical (unpaired) electrons. The summed E-state index contributed by atoms with van der Waals surface area (Å²) in [6.45, 7) is 1.64. The second kappa shape index (κ2) is 7.83. The predicted molar refractivity (Wildman–Crippen MR) is 106 cm³/mol. The van der Waals surface area contributed by atoms with E-state index in [4.69, 9.17) is 0 Å². The molecule has 0 unspecified atom stereocenters. The van der Waals surface area contributed by atoms with Crippen LogP contribution in [0.2, 0.25) is 0 Å². The maximum atomic E-state index is 12.9. The molecule has 0 saturated carbocycles. The first-order valence-electron chi connectivity index (χ1n) is 9.14. The Balaban J connectivity index is 1.43. The summed E-state index contributed by atoms with van der Waals surface area (Å²) in [5.41, 5.74) is 4.10. The van der Waals surface area contributed by atoms with Crippen molar-refractivity contribution in [3.8, 4) is 11.3 Å². The predicted octanol–water partition coefficient (Wildman–Crippen LogP) is 5.22. The van der Waals surface area contributed by atoms with Gasteiger partial charge in [0.1, 0.15) is 0 Å². The van der Waals surface area contributed by atoms with Gasteiger partial charge in [-0.05, 0) is 54.3 Å². The van der Waals surface area contributed by atoms with E-state index < -0.39 is 0 Å². The van der Waals surface area contributed by atoms with Gasteiger partial charge in [-0.25, -0.2) is 0 Å². The number of carbonyl (C=O) groups is 1. The number of carbonyl (C=O) groups excluding carboxylic acids is 1. The number of pyridine rings is 1. The van der Waals surface area contributed by atoms with Crippen LogP contribution in [0, 0.1) is 0 Å². The molecule has 3 aromatic rings. The zero-order chi connectivity index (χ0) is 17.8. The molecule has 2 aromatic heterocycles. The summed E-state index contributed by atoms with van der Waals surface area (Å²) < 4.78 is 0. The first-order valence-corrected chi connectivity index (χ1v) is 10.1. The Morgan fingerprint density at radius 3 is 2.65 bits per heavy atom. The van der Waals surface area contributed by atoms with Crippen LogP contribution in [0.25, 0.3) is 11.3 Å². The van der Waals surface area contributed by atoms with Crippen LogP contribution in [0.3, 0.4) is 0 Å². The third-order valence-corrected chi connectivity index (χ3v) is 5.80. The normalized spacial score (nSPS) is 17.7. The summed E-state index contributed by atoms with van der Waals surface area (Å²) in [7, 11) is 0. The van der Waals surface area contributed by atoms with E-state index in [9.17, 15) is 4.79 Å². The van der Waals surface area contributed by atoms with Crippen molar-refractivity contribution >= 4 is 17.2 Å². The van der Waals surface area contributed by atoms with Gasteiger partial charge in [0.15, 0.2) is 0 Å². The van der Waals surface area contributed by atoms with Crippen LogP contribution in [0.5, 0.6) is 0 Å². The molecule has 3 heterocycles. The SMILES string of the molecule is O=C(c1ccc(-c2ccsc2)nc1)N1CCC[C@@H](c2ccccc2)CC1. The minimum atomic E-state index is 0.100. The van der Waals surface area contributed by atoms with Crippen molar-refractivity contribution in [3.05, 3.63) is 76.6 Å². The number of hydrogen-bond donors (Lipinski definition) is 0. The molecule has 1 saturated heterocycles. The Morgan fingerprint density at radius 1 is 1.04 bits per heavy atom. The number of benzene rings is 1. The van der Waals surface area contributed by atoms with Gasteiger partial charge in [-0.15, -0.1) is 0 Å². The summed E-state index contributed by atoms with van der Waals surface area (Å²) in [6, 6.07) is 16.6. The number of hydrogen-bond acceptors (Lipinski definition) is 3. The van der Waals surface area contributed by atoms with Gasteiger partial charge in [0.05, 0.1) is 11.3 Å². The average Bonchev–Trinajstić information content (AvgIpc) is 3.13. The fourth-order valence-electron chi connectivity index (χ4n) is 3.64. The summed E-state index contributed by atoms with van der Waals surface area (Å²) in [5.74, 6) is 0.649. The molecule has 26 heavy (non-hydrogen) atoms. The van der Waals surface area contributed by atoms with Crippen LogP contribution in [0.4, 0.5) is 0 Å². The van der Waals surface area contributed by atoms with Crippen molar-refractivity contribution in [3.63, 3.8) is 0 Å². The first kappa shape index (κ1) is 17.0. The molecule has 4 rings (SSSR count). The zero-order valence-corrected chi connectivity index (χ0v) is 15.5. The minimum absolute atomic E-state index is 0.100. The fraction of sp³-hybridized carbons (Fsp3) is 0.273. The highest BCUT2D eigenvalue weighted by Gasteiger charge is 2.22. The fourth-order valence-corrected chi connectivity index (χ4v) is 4.29. The topological polar surface area (TPSA) is 33.2 Å². The highest BCUT2D eigenvalue weighted by molar-refractivity contribution is 7.08. The quantitative estimate of drug-likeness (QED) is 0.640. The molecule has 1 fully saturated rings. The second-order valence-electron chi connectivity index (χ2n) is 6.77. The summed E-state index contributed by atoms with van der Waals surface area (Å²) in [5, 5.41) is 4.11. The van der Waals surface area contributed by atoms with Gasteiger partial charge >= 0.3 is 0 Å². The lowest BCUT2D eigenvalue weighted by Gasteiger charge is -2.21. The highest BCUT2D eigenvalue weighted by atomic mass is 32.1. The van der Waals surface area contributed by atoms with Crippen molar-refractivity contribution in [2.24, 2.45) is 0 Å². The van der Waals surface area contributed by atoms with Gasteiger partial charge in [-0.2, -0.15) is 11.3 Å². The van der Waals surface area contributed by atoms with E-state index in [1.165, 1.54) is 5.56 Å². The lowest BCUT2D eigenvalue weighted by atomic mass is 9.92. The summed E-state index contributed by atoms with van der Waals surface area (Å²) in [6.07, 6.45) is 4.93. The van der Waals surface area contributed by atoms with Crippen LogP contribution in [-0.2, 0) is 0 Å². The Bertz CT molecular complexity index is 844. The van der Waals surface area contributed by atoms with Crippen molar-refractivity contribution < 1.29 is 4.79 Å². The largest absolute Gasteiger partial charge is 0.339 e. The average molecular weight is 362 g/mol. The molecule has 1 aliphatic heterocycles. The van der Waals surface area contributed by atoms with Crippen molar-refractivity contribution in [2.45, 2.75) is 25.2 Å². The number of likely N-dealkylation sites (tertiary alicyclic amines) is 1. The zero-order valence-electron chi connectivity index (χ0n) is 14.7. The van der Waals surface area contributed by atoms with Crippen LogP contribution in [0.15, 0.2) is 65.5 Å². The number of amides is 1. The maximum absolute atomic E-state index is 12.9. The van der Waals surface area contributed by atoms with E-state index in [0.29, 0.717) is 11.5 Å². The van der Waals surface area contributed by atoms with Crippen molar-refractivity contribution in [1.29, 1.82) is 0 Å². The molecule has 1 amide bonds. The van der Waals surface area contributed by atoms with Gasteiger partial charge in [-0.3, -0.25) is 9.78 Å². The van der Waals surface area contributed by atoms with Gasteiger partial charge < -0.3 is 4.90 Å². The van der Waals surface area contributed by atoms with Gasteiger partial charge in [0.25, 0.3) is 5.91 Å². The number of rotatable bonds is 3. The van der Waals surface area contributed by atoms with Crippen molar-refractivity contribution in [1.82, 2.24) is 9.88 Å². The molecule has 4 heteroatoms.